The number of carbonyl (C=O) groups is 1. The highest BCUT2D eigenvalue weighted by atomic mass is 16.2. The van der Waals surface area contributed by atoms with Crippen molar-refractivity contribution in [3.63, 3.8) is 0 Å². The second kappa shape index (κ2) is 5.11. The van der Waals surface area contributed by atoms with Crippen LogP contribution >= 0.6 is 0 Å². The average molecular weight is 223 g/mol. The van der Waals surface area contributed by atoms with Crippen molar-refractivity contribution >= 4 is 5.91 Å². The maximum Gasteiger partial charge on any atom is 0.331 e. The zero-order chi connectivity index (χ0) is 12.1. The average Bonchev–Trinajstić information content (AvgIpc) is 2.27. The first-order chi connectivity index (χ1) is 7.56. The highest BCUT2D eigenvalue weighted by molar-refractivity contribution is 5.75. The van der Waals surface area contributed by atoms with E-state index in [0.717, 1.165) is 4.57 Å². The van der Waals surface area contributed by atoms with E-state index in [1.807, 2.05) is 0 Å². The molecule has 6 heteroatoms. The van der Waals surface area contributed by atoms with Crippen LogP contribution in [0.2, 0.25) is 0 Å². The summed E-state index contributed by atoms with van der Waals surface area (Å²) in [4.78, 5) is 33.9. The van der Waals surface area contributed by atoms with E-state index < -0.39 is 11.2 Å². The van der Waals surface area contributed by atoms with Crippen molar-refractivity contribution < 1.29 is 4.79 Å². The van der Waals surface area contributed by atoms with Gasteiger partial charge in [0.1, 0.15) is 6.54 Å². The zero-order valence-electron chi connectivity index (χ0n) is 8.97. The SMILES string of the molecule is C=CCNC(=O)Cn1ccc(=O)n(C)c1=O. The highest BCUT2D eigenvalue weighted by Crippen LogP contribution is 1.79. The highest BCUT2D eigenvalue weighted by Gasteiger charge is 2.05. The van der Waals surface area contributed by atoms with Gasteiger partial charge < -0.3 is 5.32 Å². The van der Waals surface area contributed by atoms with E-state index in [4.69, 9.17) is 0 Å². The molecule has 1 amide bonds. The van der Waals surface area contributed by atoms with Crippen molar-refractivity contribution in [3.05, 3.63) is 45.8 Å². The Bertz CT molecular complexity index is 513. The molecule has 0 saturated carbocycles. The second-order valence-corrected chi connectivity index (χ2v) is 3.22. The Morgan fingerprint density at radius 1 is 1.56 bits per heavy atom. The molecule has 0 bridgehead atoms. The summed E-state index contributed by atoms with van der Waals surface area (Å²) < 4.78 is 2.11. The Hall–Kier alpha value is -2.11. The summed E-state index contributed by atoms with van der Waals surface area (Å²) in [6.07, 6.45) is 2.85. The normalized spacial score (nSPS) is 9.81. The van der Waals surface area contributed by atoms with E-state index in [0.29, 0.717) is 6.54 Å². The van der Waals surface area contributed by atoms with Crippen LogP contribution in [0.4, 0.5) is 0 Å². The third-order valence-corrected chi connectivity index (χ3v) is 2.02. The van der Waals surface area contributed by atoms with Gasteiger partial charge in [-0.05, 0) is 0 Å². The molecule has 0 radical (unpaired) electrons. The van der Waals surface area contributed by atoms with Gasteiger partial charge in [-0.3, -0.25) is 18.7 Å². The molecule has 0 fully saturated rings. The lowest BCUT2D eigenvalue weighted by molar-refractivity contribution is -0.121. The van der Waals surface area contributed by atoms with E-state index in [9.17, 15) is 14.4 Å². The summed E-state index contributed by atoms with van der Waals surface area (Å²) >= 11 is 0. The predicted octanol–water partition coefficient (Wildman–Crippen LogP) is -1.15. The molecule has 1 N–H and O–H groups in total. The quantitative estimate of drug-likeness (QED) is 0.655. The summed E-state index contributed by atoms with van der Waals surface area (Å²) in [6, 6.07) is 1.24. The first-order valence-electron chi connectivity index (χ1n) is 4.70. The van der Waals surface area contributed by atoms with Crippen LogP contribution in [0.25, 0.3) is 0 Å². The number of carbonyl (C=O) groups excluding carboxylic acids is 1. The van der Waals surface area contributed by atoms with Crippen LogP contribution in [0.1, 0.15) is 0 Å². The first-order valence-corrected chi connectivity index (χ1v) is 4.70. The number of aromatic nitrogens is 2. The minimum absolute atomic E-state index is 0.110. The van der Waals surface area contributed by atoms with E-state index in [1.54, 1.807) is 6.08 Å². The largest absolute Gasteiger partial charge is 0.351 e. The molecule has 1 rings (SSSR count). The van der Waals surface area contributed by atoms with Gasteiger partial charge in [0, 0.05) is 25.9 Å². The van der Waals surface area contributed by atoms with Gasteiger partial charge in [-0.2, -0.15) is 0 Å². The molecular weight excluding hydrogens is 210 g/mol. The van der Waals surface area contributed by atoms with Gasteiger partial charge in [-0.25, -0.2) is 4.79 Å². The summed E-state index contributed by atoms with van der Waals surface area (Å²) in [6.45, 7) is 3.69. The van der Waals surface area contributed by atoms with Gasteiger partial charge in [0.15, 0.2) is 0 Å². The number of nitrogens with zero attached hydrogens (tertiary/aromatic N) is 2. The van der Waals surface area contributed by atoms with Crippen LogP contribution in [-0.4, -0.2) is 21.6 Å². The molecule has 1 aromatic rings. The van der Waals surface area contributed by atoms with Gasteiger partial charge in [-0.15, -0.1) is 6.58 Å². The molecule has 6 nitrogen and oxygen atoms in total. The van der Waals surface area contributed by atoms with Crippen molar-refractivity contribution in [1.82, 2.24) is 14.5 Å². The first kappa shape index (κ1) is 12.0. The topological polar surface area (TPSA) is 73.1 Å². The lowest BCUT2D eigenvalue weighted by Gasteiger charge is -2.06. The van der Waals surface area contributed by atoms with Crippen LogP contribution in [0, 0.1) is 0 Å². The van der Waals surface area contributed by atoms with Crippen LogP contribution < -0.4 is 16.6 Å². The standard InChI is InChI=1S/C10H13N3O3/c1-3-5-11-8(14)7-13-6-4-9(15)12(2)10(13)16/h3-4,6H,1,5,7H2,2H3,(H,11,14). The lowest BCUT2D eigenvalue weighted by Crippen LogP contribution is -2.40. The van der Waals surface area contributed by atoms with Crippen molar-refractivity contribution in [2.75, 3.05) is 6.54 Å². The van der Waals surface area contributed by atoms with Gasteiger partial charge in [0.2, 0.25) is 5.91 Å². The number of hydrogen-bond donors (Lipinski definition) is 1. The molecule has 86 valence electrons. The van der Waals surface area contributed by atoms with Crippen molar-refractivity contribution in [3.8, 4) is 0 Å². The smallest absolute Gasteiger partial charge is 0.331 e. The monoisotopic (exact) mass is 223 g/mol. The minimum Gasteiger partial charge on any atom is -0.351 e. The fourth-order valence-electron chi connectivity index (χ4n) is 1.13. The summed E-state index contributed by atoms with van der Waals surface area (Å²) in [5.41, 5.74) is -0.908. The Balaban J connectivity index is 2.87. The molecular formula is C10H13N3O3. The number of rotatable bonds is 4. The van der Waals surface area contributed by atoms with Crippen molar-refractivity contribution in [2.45, 2.75) is 6.54 Å². The Morgan fingerprint density at radius 3 is 2.88 bits per heavy atom. The van der Waals surface area contributed by atoms with Crippen LogP contribution in [0.5, 0.6) is 0 Å². The third-order valence-electron chi connectivity index (χ3n) is 2.02. The molecule has 0 saturated heterocycles. The molecule has 1 heterocycles. The number of amides is 1. The summed E-state index contributed by atoms with van der Waals surface area (Å²) in [7, 11) is 1.36. The van der Waals surface area contributed by atoms with Crippen molar-refractivity contribution in [2.24, 2.45) is 7.05 Å². The van der Waals surface area contributed by atoms with Gasteiger partial charge in [0.05, 0.1) is 0 Å². The molecule has 0 aliphatic rings. The Kier molecular flexibility index (Phi) is 3.82. The number of nitrogens with one attached hydrogen (secondary N) is 1. The third kappa shape index (κ3) is 2.69. The fourth-order valence-corrected chi connectivity index (χ4v) is 1.13. The summed E-state index contributed by atoms with van der Waals surface area (Å²) in [5.74, 6) is -0.305. The van der Waals surface area contributed by atoms with Gasteiger partial charge >= 0.3 is 5.69 Å². The molecule has 1 aromatic heterocycles. The predicted molar refractivity (Wildman–Crippen MR) is 59.1 cm³/mol. The van der Waals surface area contributed by atoms with E-state index >= 15 is 0 Å². The van der Waals surface area contributed by atoms with Crippen LogP contribution in [0.3, 0.4) is 0 Å². The molecule has 0 aliphatic heterocycles. The molecule has 0 aromatic carbocycles. The second-order valence-electron chi connectivity index (χ2n) is 3.22. The summed E-state index contributed by atoms with van der Waals surface area (Å²) in [5, 5.41) is 2.54. The molecule has 0 aliphatic carbocycles. The maximum atomic E-state index is 11.5. The maximum absolute atomic E-state index is 11.5. The van der Waals surface area contributed by atoms with Gasteiger partial charge in [0.25, 0.3) is 5.56 Å². The zero-order valence-corrected chi connectivity index (χ0v) is 8.97. The van der Waals surface area contributed by atoms with Crippen LogP contribution in [-0.2, 0) is 18.4 Å². The molecule has 0 atom stereocenters. The Morgan fingerprint density at radius 2 is 2.25 bits per heavy atom. The minimum atomic E-state index is -0.513. The fraction of sp³-hybridized carbons (Fsp3) is 0.300. The van der Waals surface area contributed by atoms with Crippen LogP contribution in [0.15, 0.2) is 34.5 Å². The van der Waals surface area contributed by atoms with E-state index in [-0.39, 0.29) is 12.5 Å². The molecule has 0 unspecified atom stereocenters. The number of hydrogen-bond acceptors (Lipinski definition) is 3. The van der Waals surface area contributed by atoms with E-state index in [2.05, 4.69) is 11.9 Å². The molecule has 0 spiro atoms. The van der Waals surface area contributed by atoms with E-state index in [1.165, 1.54) is 23.9 Å². The Labute approximate surface area is 91.8 Å². The lowest BCUT2D eigenvalue weighted by atomic mass is 10.5. The van der Waals surface area contributed by atoms with Crippen molar-refractivity contribution in [1.29, 1.82) is 0 Å². The molecule has 16 heavy (non-hydrogen) atoms. The van der Waals surface area contributed by atoms with Gasteiger partial charge in [-0.1, -0.05) is 6.08 Å².